The maximum atomic E-state index is 9.87. The van der Waals surface area contributed by atoms with Crippen molar-refractivity contribution in [2.75, 3.05) is 14.1 Å². The van der Waals surface area contributed by atoms with Crippen LogP contribution < -0.4 is 11.1 Å². The normalized spacial score (nSPS) is 9.12. The molecule has 0 amide bonds. The smallest absolute Gasteiger partial charge is 0.320 e. The van der Waals surface area contributed by atoms with Crippen LogP contribution in [-0.4, -0.2) is 42.3 Å². The molecule has 0 bridgehead atoms. The Morgan fingerprint density at radius 1 is 1.00 bits per heavy atom. The maximum absolute atomic E-state index is 9.87. The Morgan fingerprint density at radius 3 is 1.24 bits per heavy atom. The van der Waals surface area contributed by atoms with Gasteiger partial charge in [0.25, 0.3) is 0 Å². The number of aliphatic carboxylic acids is 2. The summed E-state index contributed by atoms with van der Waals surface area (Å²) in [5.41, 5.74) is 4.50. The Hall–Kier alpha value is -1.14. The van der Waals surface area contributed by atoms with Crippen LogP contribution in [0.5, 0.6) is 0 Å². The molecule has 0 aliphatic rings. The molecule has 108 valence electrons. The average Bonchev–Trinajstić information content (AvgIpc) is 2.20. The molecule has 0 heterocycles. The van der Waals surface area contributed by atoms with E-state index in [1.54, 1.807) is 27.8 Å². The third-order valence-electron chi connectivity index (χ3n) is 1.30. The zero-order valence-corrected chi connectivity index (χ0v) is 9.94. The molecule has 0 aromatic heterocycles. The molecular formula is C11H30N2O4. The van der Waals surface area contributed by atoms with Gasteiger partial charge >= 0.3 is 11.9 Å². The van der Waals surface area contributed by atoms with Crippen molar-refractivity contribution >= 4 is 11.9 Å². The zero-order valence-electron chi connectivity index (χ0n) is 9.94. The lowest BCUT2D eigenvalue weighted by Crippen LogP contribution is -2.29. The number of carboxylic acids is 2. The first-order valence-corrected chi connectivity index (χ1v) is 4.53. The van der Waals surface area contributed by atoms with Gasteiger partial charge in [0.2, 0.25) is 0 Å². The molecule has 1 unspecified atom stereocenters. The van der Waals surface area contributed by atoms with Crippen molar-refractivity contribution in [3.8, 4) is 0 Å². The first-order chi connectivity index (χ1) is 6.82. The van der Waals surface area contributed by atoms with Crippen LogP contribution in [0.4, 0.5) is 0 Å². The minimum atomic E-state index is -0.817. The molecule has 0 saturated carbocycles. The molecule has 0 aliphatic carbocycles. The van der Waals surface area contributed by atoms with Gasteiger partial charge in [0.1, 0.15) is 6.04 Å². The van der Waals surface area contributed by atoms with Crippen LogP contribution in [0.2, 0.25) is 0 Å². The van der Waals surface area contributed by atoms with Gasteiger partial charge in [-0.1, -0.05) is 28.7 Å². The molecule has 0 rings (SSSR count). The highest BCUT2D eigenvalue weighted by molar-refractivity contribution is 5.72. The number of carbonyl (C=O) groups is 2. The fourth-order valence-corrected chi connectivity index (χ4v) is 0.123. The van der Waals surface area contributed by atoms with E-state index in [0.717, 1.165) is 0 Å². The van der Waals surface area contributed by atoms with Crippen LogP contribution >= 0.6 is 0 Å². The Bertz CT molecular complexity index is 173. The van der Waals surface area contributed by atoms with Gasteiger partial charge < -0.3 is 21.3 Å². The molecule has 0 saturated heterocycles. The van der Waals surface area contributed by atoms with E-state index in [4.69, 9.17) is 10.2 Å². The lowest BCUT2D eigenvalue weighted by molar-refractivity contribution is -0.140. The summed E-state index contributed by atoms with van der Waals surface area (Å²) in [5.74, 6) is -1.79. The van der Waals surface area contributed by atoms with Crippen LogP contribution in [0.3, 0.4) is 0 Å². The Kier molecular flexibility index (Phi) is 35.4. The fourth-order valence-electron chi connectivity index (χ4n) is 0.123. The van der Waals surface area contributed by atoms with Crippen molar-refractivity contribution in [3.05, 3.63) is 0 Å². The lowest BCUT2D eigenvalue weighted by atomic mass is 10.2. The van der Waals surface area contributed by atoms with Gasteiger partial charge in [0, 0.05) is 0 Å². The van der Waals surface area contributed by atoms with Crippen molar-refractivity contribution < 1.29 is 19.8 Å². The van der Waals surface area contributed by atoms with Gasteiger partial charge in [-0.3, -0.25) is 9.59 Å². The van der Waals surface area contributed by atoms with Crippen molar-refractivity contribution in [1.29, 1.82) is 0 Å². The summed E-state index contributed by atoms with van der Waals surface area (Å²) in [6.45, 7) is 4.87. The van der Waals surface area contributed by atoms with Gasteiger partial charge in [0.15, 0.2) is 0 Å². The largest absolute Gasteiger partial charge is 0.481 e. The summed E-state index contributed by atoms with van der Waals surface area (Å²) in [6.07, 6.45) is 0. The summed E-state index contributed by atoms with van der Waals surface area (Å²) in [5, 5.41) is 18.7. The van der Waals surface area contributed by atoms with Crippen molar-refractivity contribution in [2.45, 2.75) is 41.7 Å². The van der Waals surface area contributed by atoms with Crippen LogP contribution in [-0.2, 0) is 9.59 Å². The molecule has 17 heavy (non-hydrogen) atoms. The second-order valence-corrected chi connectivity index (χ2v) is 2.84. The lowest BCUT2D eigenvalue weighted by Gasteiger charge is -1.99. The monoisotopic (exact) mass is 254 g/mol. The summed E-state index contributed by atoms with van der Waals surface area (Å²) in [7, 11) is 3.11. The molecule has 1 atom stereocenters. The third-order valence-corrected chi connectivity index (χ3v) is 1.30. The Morgan fingerprint density at radius 2 is 1.24 bits per heavy atom. The van der Waals surface area contributed by atoms with Crippen molar-refractivity contribution in [2.24, 2.45) is 11.7 Å². The SMILES string of the molecule is C.C.CC(C)C(=O)O.CN.CNC(C)C(=O)O. The number of likely N-dealkylation sites (N-methyl/N-ethyl adjacent to an activating group) is 1. The van der Waals surface area contributed by atoms with Gasteiger partial charge in [-0.05, 0) is 21.0 Å². The van der Waals surface area contributed by atoms with Crippen molar-refractivity contribution in [3.63, 3.8) is 0 Å². The molecule has 0 aromatic carbocycles. The summed E-state index contributed by atoms with van der Waals surface area (Å²) >= 11 is 0. The molecule has 0 aliphatic heterocycles. The van der Waals surface area contributed by atoms with E-state index in [-0.39, 0.29) is 20.8 Å². The van der Waals surface area contributed by atoms with Gasteiger partial charge in [-0.15, -0.1) is 0 Å². The quantitative estimate of drug-likeness (QED) is 0.603. The fraction of sp³-hybridized carbons (Fsp3) is 0.818. The summed E-state index contributed by atoms with van der Waals surface area (Å²) < 4.78 is 0. The van der Waals surface area contributed by atoms with E-state index in [0.29, 0.717) is 0 Å². The molecule has 6 nitrogen and oxygen atoms in total. The van der Waals surface area contributed by atoms with E-state index in [1.807, 2.05) is 0 Å². The van der Waals surface area contributed by atoms with Gasteiger partial charge in [0.05, 0.1) is 5.92 Å². The number of nitrogens with two attached hydrogens (primary N) is 1. The molecule has 0 spiro atoms. The van der Waals surface area contributed by atoms with Crippen LogP contribution in [0.15, 0.2) is 0 Å². The molecule has 5 N–H and O–H groups in total. The van der Waals surface area contributed by atoms with Crippen LogP contribution in [0, 0.1) is 5.92 Å². The highest BCUT2D eigenvalue weighted by atomic mass is 16.4. The van der Waals surface area contributed by atoms with E-state index < -0.39 is 18.0 Å². The van der Waals surface area contributed by atoms with Gasteiger partial charge in [-0.2, -0.15) is 0 Å². The van der Waals surface area contributed by atoms with E-state index in [9.17, 15) is 9.59 Å². The molecule has 0 aromatic rings. The Balaban J connectivity index is -0.0000000448. The number of carboxylic acid groups (broad SMARTS) is 2. The topological polar surface area (TPSA) is 113 Å². The minimum Gasteiger partial charge on any atom is -0.481 e. The first kappa shape index (κ1) is 29.7. The average molecular weight is 254 g/mol. The number of hydrogen-bond donors (Lipinski definition) is 4. The summed E-state index contributed by atoms with van der Waals surface area (Å²) in [4.78, 5) is 19.6. The molecule has 0 radical (unpaired) electrons. The van der Waals surface area contributed by atoms with E-state index in [1.165, 1.54) is 7.05 Å². The number of nitrogens with one attached hydrogen (secondary N) is 1. The molecule has 6 heteroatoms. The minimum absolute atomic E-state index is 0. The molecular weight excluding hydrogens is 224 g/mol. The predicted molar refractivity (Wildman–Crippen MR) is 72.2 cm³/mol. The first-order valence-electron chi connectivity index (χ1n) is 4.53. The second-order valence-electron chi connectivity index (χ2n) is 2.84. The maximum Gasteiger partial charge on any atom is 0.320 e. The van der Waals surface area contributed by atoms with Crippen LogP contribution in [0.1, 0.15) is 35.6 Å². The standard InChI is InChI=1S/C4H9NO2.C4H8O2.CH5N.2CH4/c1-3(5-2)4(6)7;1-3(2)4(5)6;1-2;;/h3,5H,1-2H3,(H,6,7);3H,1-2H3,(H,5,6);2H2,1H3;2*1H4. The Labute approximate surface area is 105 Å². The molecule has 0 fully saturated rings. The van der Waals surface area contributed by atoms with Crippen LogP contribution in [0.25, 0.3) is 0 Å². The highest BCUT2D eigenvalue weighted by Crippen LogP contribution is 1.87. The zero-order chi connectivity index (χ0) is 13.0. The van der Waals surface area contributed by atoms with E-state index in [2.05, 4.69) is 11.1 Å². The van der Waals surface area contributed by atoms with Gasteiger partial charge in [-0.25, -0.2) is 0 Å². The second kappa shape index (κ2) is 20.3. The summed E-state index contributed by atoms with van der Waals surface area (Å²) in [6, 6.07) is -0.431. The predicted octanol–water partition coefficient (Wildman–Crippen LogP) is 1.25. The van der Waals surface area contributed by atoms with Crippen molar-refractivity contribution in [1.82, 2.24) is 5.32 Å². The van der Waals surface area contributed by atoms with E-state index >= 15 is 0 Å². The highest BCUT2D eigenvalue weighted by Gasteiger charge is 2.04. The number of hydrogen-bond acceptors (Lipinski definition) is 4. The third kappa shape index (κ3) is 31.3. The number of rotatable bonds is 3.